The maximum Gasteiger partial charge on any atom is 0.115 e. The van der Waals surface area contributed by atoms with Gasteiger partial charge in [0.05, 0.1) is 6.20 Å². The number of aromatic nitrogens is 2. The van der Waals surface area contributed by atoms with Crippen LogP contribution in [0.3, 0.4) is 0 Å². The van der Waals surface area contributed by atoms with Gasteiger partial charge in [-0.1, -0.05) is 6.07 Å². The van der Waals surface area contributed by atoms with Crippen molar-refractivity contribution in [2.45, 2.75) is 32.4 Å². The molecular weight excluding hydrogens is 226 g/mol. The Hall–Kier alpha value is -1.81. The van der Waals surface area contributed by atoms with Gasteiger partial charge in [-0.25, -0.2) is 0 Å². The first kappa shape index (κ1) is 11.3. The number of aryl methyl sites for hydroxylation is 2. The molecule has 0 amide bonds. The topological polar surface area (TPSA) is 60.9 Å². The van der Waals surface area contributed by atoms with E-state index >= 15 is 0 Å². The molecule has 18 heavy (non-hydrogen) atoms. The number of fused-ring (bicyclic) bond motifs is 1. The number of phenols is 1. The van der Waals surface area contributed by atoms with Gasteiger partial charge in [-0.05, 0) is 43.0 Å². The minimum Gasteiger partial charge on any atom is -0.508 e. The van der Waals surface area contributed by atoms with E-state index in [1.807, 2.05) is 25.3 Å². The van der Waals surface area contributed by atoms with E-state index in [-0.39, 0.29) is 0 Å². The fourth-order valence-corrected chi connectivity index (χ4v) is 2.60. The van der Waals surface area contributed by atoms with Crippen LogP contribution in [0.25, 0.3) is 0 Å². The van der Waals surface area contributed by atoms with Crippen LogP contribution in [0.2, 0.25) is 0 Å². The molecule has 1 heterocycles. The number of aromatic amines is 1. The summed E-state index contributed by atoms with van der Waals surface area (Å²) in [6, 6.07) is 6.05. The van der Waals surface area contributed by atoms with Crippen LogP contribution in [0.4, 0.5) is 0 Å². The van der Waals surface area contributed by atoms with Gasteiger partial charge in [0, 0.05) is 23.8 Å². The molecule has 0 bridgehead atoms. The molecule has 1 aliphatic rings. The highest BCUT2D eigenvalue weighted by molar-refractivity contribution is 5.40. The van der Waals surface area contributed by atoms with Crippen molar-refractivity contribution in [3.63, 3.8) is 0 Å². The van der Waals surface area contributed by atoms with Crippen molar-refractivity contribution >= 4 is 0 Å². The summed E-state index contributed by atoms with van der Waals surface area (Å²) in [5.41, 5.74) is 4.90. The summed E-state index contributed by atoms with van der Waals surface area (Å²) in [7, 11) is 0. The van der Waals surface area contributed by atoms with E-state index in [0.29, 0.717) is 11.8 Å². The van der Waals surface area contributed by atoms with Gasteiger partial charge in [-0.2, -0.15) is 5.10 Å². The smallest absolute Gasteiger partial charge is 0.115 e. The van der Waals surface area contributed by atoms with Crippen LogP contribution < -0.4 is 5.32 Å². The lowest BCUT2D eigenvalue weighted by Gasteiger charge is -2.13. The van der Waals surface area contributed by atoms with Crippen LogP contribution >= 0.6 is 0 Å². The van der Waals surface area contributed by atoms with Crippen LogP contribution in [0.15, 0.2) is 24.4 Å². The third-order valence-electron chi connectivity index (χ3n) is 3.68. The summed E-state index contributed by atoms with van der Waals surface area (Å²) in [5, 5.41) is 20.0. The molecule has 1 unspecified atom stereocenters. The van der Waals surface area contributed by atoms with Crippen LogP contribution in [0, 0.1) is 6.92 Å². The minimum atomic E-state index is 0.361. The second-order valence-electron chi connectivity index (χ2n) is 4.88. The lowest BCUT2D eigenvalue weighted by Crippen LogP contribution is -2.18. The highest BCUT2D eigenvalue weighted by Crippen LogP contribution is 2.33. The monoisotopic (exact) mass is 243 g/mol. The first-order valence-electron chi connectivity index (χ1n) is 6.28. The molecule has 3 rings (SSSR count). The molecule has 0 saturated carbocycles. The molecule has 1 aromatic carbocycles. The number of aromatic hydroxyl groups is 1. The molecule has 0 spiro atoms. The van der Waals surface area contributed by atoms with Crippen molar-refractivity contribution in [3.8, 4) is 5.75 Å². The molecule has 94 valence electrons. The first-order valence-corrected chi connectivity index (χ1v) is 6.28. The number of hydrogen-bond donors (Lipinski definition) is 3. The van der Waals surface area contributed by atoms with Crippen molar-refractivity contribution in [1.82, 2.24) is 15.5 Å². The number of nitrogens with zero attached hydrogens (tertiary/aromatic N) is 1. The Morgan fingerprint density at radius 3 is 3.17 bits per heavy atom. The molecule has 1 atom stereocenters. The maximum atomic E-state index is 9.47. The fraction of sp³-hybridized carbons (Fsp3) is 0.357. The molecule has 1 aliphatic carbocycles. The van der Waals surface area contributed by atoms with Crippen LogP contribution in [-0.2, 0) is 13.0 Å². The predicted octanol–water partition coefficient (Wildman–Crippen LogP) is 2.20. The number of rotatable bonds is 3. The van der Waals surface area contributed by atoms with Crippen molar-refractivity contribution in [2.24, 2.45) is 0 Å². The van der Waals surface area contributed by atoms with Gasteiger partial charge in [0.15, 0.2) is 0 Å². The van der Waals surface area contributed by atoms with Gasteiger partial charge in [0.1, 0.15) is 5.75 Å². The highest BCUT2D eigenvalue weighted by Gasteiger charge is 2.22. The Morgan fingerprint density at radius 1 is 1.50 bits per heavy atom. The summed E-state index contributed by atoms with van der Waals surface area (Å²) in [5.74, 6) is 0.361. The van der Waals surface area contributed by atoms with E-state index in [1.54, 1.807) is 6.07 Å². The summed E-state index contributed by atoms with van der Waals surface area (Å²) >= 11 is 0. The molecule has 0 radical (unpaired) electrons. The van der Waals surface area contributed by atoms with Crippen molar-refractivity contribution in [2.75, 3.05) is 0 Å². The van der Waals surface area contributed by atoms with Gasteiger partial charge in [0.2, 0.25) is 0 Å². The molecule has 4 nitrogen and oxygen atoms in total. The molecule has 4 heteroatoms. The van der Waals surface area contributed by atoms with Gasteiger partial charge in [-0.3, -0.25) is 5.10 Å². The molecule has 0 aliphatic heterocycles. The van der Waals surface area contributed by atoms with Crippen molar-refractivity contribution in [3.05, 3.63) is 46.8 Å². The van der Waals surface area contributed by atoms with E-state index in [9.17, 15) is 5.11 Å². The molecule has 1 aromatic heterocycles. The third kappa shape index (κ3) is 1.99. The maximum absolute atomic E-state index is 9.47. The van der Waals surface area contributed by atoms with Gasteiger partial charge < -0.3 is 10.4 Å². The number of hydrogen-bond acceptors (Lipinski definition) is 3. The molecule has 0 saturated heterocycles. The third-order valence-corrected chi connectivity index (χ3v) is 3.68. The zero-order valence-corrected chi connectivity index (χ0v) is 10.4. The van der Waals surface area contributed by atoms with Crippen molar-refractivity contribution in [1.29, 1.82) is 0 Å². The SMILES string of the molecule is Cc1[nH]ncc1CNC1CCc2cc(O)ccc21. The number of benzene rings is 1. The number of nitrogens with one attached hydrogen (secondary N) is 2. The fourth-order valence-electron chi connectivity index (χ4n) is 2.60. The van der Waals surface area contributed by atoms with Crippen LogP contribution in [0.5, 0.6) is 5.75 Å². The summed E-state index contributed by atoms with van der Waals surface area (Å²) in [6.07, 6.45) is 4.00. The van der Waals surface area contributed by atoms with E-state index < -0.39 is 0 Å². The largest absolute Gasteiger partial charge is 0.508 e. The van der Waals surface area contributed by atoms with E-state index in [2.05, 4.69) is 15.5 Å². The Labute approximate surface area is 106 Å². The zero-order valence-electron chi connectivity index (χ0n) is 10.4. The van der Waals surface area contributed by atoms with Gasteiger partial charge >= 0.3 is 0 Å². The van der Waals surface area contributed by atoms with Crippen LogP contribution in [0.1, 0.15) is 34.8 Å². The summed E-state index contributed by atoms with van der Waals surface area (Å²) in [6.45, 7) is 2.86. The second-order valence-corrected chi connectivity index (χ2v) is 4.88. The first-order chi connectivity index (χ1) is 8.74. The standard InChI is InChI=1S/C14H17N3O/c1-9-11(8-16-17-9)7-15-14-5-2-10-6-12(18)3-4-13(10)14/h3-4,6,8,14-15,18H,2,5,7H2,1H3,(H,16,17). The molecule has 3 N–H and O–H groups in total. The molecular formula is C14H17N3O. The molecule has 0 fully saturated rings. The Bertz CT molecular complexity index is 562. The lowest BCUT2D eigenvalue weighted by atomic mass is 10.1. The second kappa shape index (κ2) is 4.46. The number of phenolic OH excluding ortho intramolecular Hbond substituents is 1. The molecule has 2 aromatic rings. The van der Waals surface area contributed by atoms with E-state index in [0.717, 1.165) is 25.1 Å². The average molecular weight is 243 g/mol. The summed E-state index contributed by atoms with van der Waals surface area (Å²) < 4.78 is 0. The van der Waals surface area contributed by atoms with E-state index in [4.69, 9.17) is 0 Å². The minimum absolute atomic E-state index is 0.361. The quantitative estimate of drug-likeness (QED) is 0.774. The predicted molar refractivity (Wildman–Crippen MR) is 69.3 cm³/mol. The Kier molecular flexibility index (Phi) is 2.80. The number of H-pyrrole nitrogens is 1. The lowest BCUT2D eigenvalue weighted by molar-refractivity contribution is 0.474. The average Bonchev–Trinajstić information content (AvgIpc) is 2.93. The Morgan fingerprint density at radius 2 is 2.39 bits per heavy atom. The zero-order chi connectivity index (χ0) is 12.5. The van der Waals surface area contributed by atoms with Crippen LogP contribution in [-0.4, -0.2) is 15.3 Å². The van der Waals surface area contributed by atoms with Crippen molar-refractivity contribution < 1.29 is 5.11 Å². The Balaban J connectivity index is 1.71. The van der Waals surface area contributed by atoms with E-state index in [1.165, 1.54) is 16.7 Å². The summed E-state index contributed by atoms with van der Waals surface area (Å²) in [4.78, 5) is 0. The van der Waals surface area contributed by atoms with Gasteiger partial charge in [0.25, 0.3) is 0 Å². The van der Waals surface area contributed by atoms with Gasteiger partial charge in [-0.15, -0.1) is 0 Å². The normalized spacial score (nSPS) is 17.9. The highest BCUT2D eigenvalue weighted by atomic mass is 16.3.